The van der Waals surface area contributed by atoms with Crippen LogP contribution in [0.5, 0.6) is 0 Å². The Morgan fingerprint density at radius 1 is 1.33 bits per heavy atom. The maximum atomic E-state index is 8.25. The van der Waals surface area contributed by atoms with Gasteiger partial charge in [-0.05, 0) is 0 Å². The molecule has 0 spiro atoms. The molecule has 4 nitrogen and oxygen atoms in total. The molecule has 0 radical (unpaired) electrons. The van der Waals surface area contributed by atoms with Gasteiger partial charge in [-0.3, -0.25) is 0 Å². The van der Waals surface area contributed by atoms with Crippen LogP contribution in [0.15, 0.2) is 0 Å². The van der Waals surface area contributed by atoms with Gasteiger partial charge in [0, 0.05) is 0 Å². The van der Waals surface area contributed by atoms with Gasteiger partial charge in [-0.2, -0.15) is 0 Å². The predicted octanol–water partition coefficient (Wildman–Crippen LogP) is -4.42. The molecule has 0 rings (SSSR count). The van der Waals surface area contributed by atoms with Crippen LogP contribution < -0.4 is 18.9 Å². The van der Waals surface area contributed by atoms with E-state index in [2.05, 4.69) is 0 Å². The fourth-order valence-corrected chi connectivity index (χ4v) is 0. The van der Waals surface area contributed by atoms with Crippen molar-refractivity contribution >= 4 is 8.41 Å². The van der Waals surface area contributed by atoms with Crippen LogP contribution in [-0.2, 0) is 0 Å². The Balaban J connectivity index is -0.0000000450. The van der Waals surface area contributed by atoms with Crippen LogP contribution in [0.3, 0.4) is 0 Å². The Morgan fingerprint density at radius 3 is 1.33 bits per heavy atom. The second-order valence-corrected chi connectivity index (χ2v) is 0.224. The van der Waals surface area contributed by atoms with Crippen LogP contribution in [-0.4, -0.2) is 13.5 Å². The van der Waals surface area contributed by atoms with E-state index in [0.717, 1.165) is 0 Å². The molecule has 30 valence electrons. The van der Waals surface area contributed by atoms with Crippen molar-refractivity contribution in [1.82, 2.24) is 0 Å². The van der Waals surface area contributed by atoms with E-state index in [1.165, 1.54) is 0 Å². The molecule has 0 amide bonds. The molecule has 0 unspecified atom stereocenters. The first-order valence-corrected chi connectivity index (χ1v) is 0.548. The molecule has 0 fully saturated rings. The second kappa shape index (κ2) is 8.85. The van der Waals surface area contributed by atoms with Gasteiger partial charge in [-0.15, -0.1) is 0 Å². The van der Waals surface area contributed by atoms with Crippen molar-refractivity contribution in [2.45, 2.75) is 0 Å². The van der Waals surface area contributed by atoms with Gasteiger partial charge < -0.3 is 15.3 Å². The Kier molecular flexibility index (Phi) is 25.0. The largest absolute Gasteiger partial charge is 1.00 e. The van der Waals surface area contributed by atoms with E-state index >= 15 is 0 Å². The maximum Gasteiger partial charge on any atom is 1.00 e. The van der Waals surface area contributed by atoms with Crippen molar-refractivity contribution in [3.8, 4) is 0 Å². The Labute approximate surface area is 48.4 Å². The summed E-state index contributed by atoms with van der Waals surface area (Å²) >= 11 is 0. The number of hydrogen-bond acceptors (Lipinski definition) is 3. The van der Waals surface area contributed by atoms with Gasteiger partial charge in [0.1, 0.15) is 0 Å². The third-order valence-corrected chi connectivity index (χ3v) is 0. The molecule has 0 aliphatic carbocycles. The van der Waals surface area contributed by atoms with Crippen LogP contribution in [0.4, 0.5) is 0 Å². The molecular formula is H3BLiNO3. The van der Waals surface area contributed by atoms with Gasteiger partial charge in [0.15, 0.2) is 0 Å². The molecule has 0 saturated heterocycles. The summed E-state index contributed by atoms with van der Waals surface area (Å²) < 4.78 is 0. The van der Waals surface area contributed by atoms with Crippen LogP contribution >= 0.6 is 0 Å². The first-order chi connectivity index (χ1) is 1.73. The minimum absolute atomic E-state index is 0. The molecule has 0 aromatic rings. The normalized spacial score (nSPS) is 4.00. The molecule has 0 atom stereocenters. The first kappa shape index (κ1) is 16.9. The van der Waals surface area contributed by atoms with E-state index < -0.39 is 5.09 Å². The van der Waals surface area contributed by atoms with Crippen LogP contribution in [0.1, 0.15) is 0 Å². The summed E-state index contributed by atoms with van der Waals surface area (Å²) in [7, 11) is 0. The minimum Gasteiger partial charge on any atom is -0.356 e. The molecular weight excluding hydrogens is 79.8 g/mol. The molecule has 6 heavy (non-hydrogen) atoms. The fourth-order valence-electron chi connectivity index (χ4n) is 0. The van der Waals surface area contributed by atoms with Crippen molar-refractivity contribution in [3.63, 3.8) is 0 Å². The smallest absolute Gasteiger partial charge is 0.356 e. The standard InChI is InChI=1S/BH3.Li.NO3/c;;2-1(3)4/h1H3;;/q;+1;-1. The first-order valence-electron chi connectivity index (χ1n) is 0.548. The third-order valence-electron chi connectivity index (χ3n) is 0. The average Bonchev–Trinajstić information content (AvgIpc) is 0.811. The Hall–Kier alpha value is -0.138. The maximum absolute atomic E-state index is 8.25. The molecule has 0 N–H and O–H groups in total. The van der Waals surface area contributed by atoms with Crippen LogP contribution in [0.25, 0.3) is 0 Å². The molecule has 0 heterocycles. The van der Waals surface area contributed by atoms with E-state index in [4.69, 9.17) is 15.3 Å². The van der Waals surface area contributed by atoms with E-state index in [0.29, 0.717) is 0 Å². The van der Waals surface area contributed by atoms with Gasteiger partial charge in [-0.1, -0.05) is 0 Å². The summed E-state index contributed by atoms with van der Waals surface area (Å²) in [6, 6.07) is 0. The zero-order valence-corrected chi connectivity index (χ0v) is 2.67. The molecule has 0 aromatic heterocycles. The zero-order chi connectivity index (χ0) is 3.58. The van der Waals surface area contributed by atoms with E-state index in [1.807, 2.05) is 0 Å². The van der Waals surface area contributed by atoms with Gasteiger partial charge in [-0.25, -0.2) is 0 Å². The number of nitrogens with zero attached hydrogens (tertiary/aromatic N) is 1. The molecule has 0 bridgehead atoms. The topological polar surface area (TPSA) is 66.2 Å². The zero-order valence-electron chi connectivity index (χ0n) is 2.67. The summed E-state index contributed by atoms with van der Waals surface area (Å²) in [5.74, 6) is 0. The number of rotatable bonds is 0. The van der Waals surface area contributed by atoms with Crippen molar-refractivity contribution in [1.29, 1.82) is 0 Å². The summed E-state index contributed by atoms with van der Waals surface area (Å²) in [6.45, 7) is 0. The summed E-state index contributed by atoms with van der Waals surface area (Å²) in [5.41, 5.74) is 0. The van der Waals surface area contributed by atoms with Gasteiger partial charge in [0.2, 0.25) is 0 Å². The molecule has 0 aliphatic rings. The minimum atomic E-state index is -1.75. The second-order valence-electron chi connectivity index (χ2n) is 0.224. The Bertz CT molecular complexity index is 33.8. The van der Waals surface area contributed by atoms with Crippen LogP contribution in [0, 0.1) is 15.3 Å². The summed E-state index contributed by atoms with van der Waals surface area (Å²) in [6.07, 6.45) is 0. The quantitative estimate of drug-likeness (QED) is 0.168. The van der Waals surface area contributed by atoms with Crippen molar-refractivity contribution in [3.05, 3.63) is 15.3 Å². The SMILES string of the molecule is B.O=[N+]([O-])[O-].[Li+]. The van der Waals surface area contributed by atoms with Crippen LogP contribution in [0.2, 0.25) is 0 Å². The molecule has 0 aliphatic heterocycles. The molecule has 0 aromatic carbocycles. The monoisotopic (exact) mass is 83.0 g/mol. The summed E-state index contributed by atoms with van der Waals surface area (Å²) in [5, 5.41) is 14.8. The Morgan fingerprint density at radius 2 is 1.33 bits per heavy atom. The third kappa shape index (κ3) is 1670. The van der Waals surface area contributed by atoms with Crippen molar-refractivity contribution in [2.75, 3.05) is 0 Å². The van der Waals surface area contributed by atoms with E-state index in [-0.39, 0.29) is 27.3 Å². The van der Waals surface area contributed by atoms with Crippen molar-refractivity contribution in [2.24, 2.45) is 0 Å². The van der Waals surface area contributed by atoms with E-state index in [1.54, 1.807) is 0 Å². The number of hydrogen-bond donors (Lipinski definition) is 0. The van der Waals surface area contributed by atoms with Gasteiger partial charge in [0.25, 0.3) is 0 Å². The predicted molar refractivity (Wildman–Crippen MR) is 20.3 cm³/mol. The van der Waals surface area contributed by atoms with E-state index in [9.17, 15) is 0 Å². The fraction of sp³-hybridized carbons (Fsp3) is 0. The molecule has 0 saturated carbocycles. The summed E-state index contributed by atoms with van der Waals surface area (Å²) in [4.78, 5) is 8.25. The van der Waals surface area contributed by atoms with Crippen molar-refractivity contribution < 1.29 is 23.9 Å². The van der Waals surface area contributed by atoms with Gasteiger partial charge in [0.05, 0.1) is 13.5 Å². The molecule has 6 heteroatoms. The van der Waals surface area contributed by atoms with Gasteiger partial charge >= 0.3 is 18.9 Å². The average molecular weight is 82.8 g/mol.